The molecule has 4 N–H and O–H groups in total. The number of methoxy groups -OCH3 is 1. The van der Waals surface area contributed by atoms with Crippen LogP contribution in [0.4, 0.5) is 34.5 Å². The summed E-state index contributed by atoms with van der Waals surface area (Å²) in [6.45, 7) is 3.65. The number of hydrogen-bond donors (Lipinski definition) is 4. The maximum atomic E-state index is 11.8. The Kier molecular flexibility index (Phi) is 8.81. The number of anilines is 6. The maximum Gasteiger partial charge on any atom is 0.229 e. The van der Waals surface area contributed by atoms with Crippen molar-refractivity contribution >= 4 is 56.1 Å². The zero-order valence-electron chi connectivity index (χ0n) is 22.8. The summed E-state index contributed by atoms with van der Waals surface area (Å²) in [6, 6.07) is 16.5. The van der Waals surface area contributed by atoms with Gasteiger partial charge in [0.2, 0.25) is 16.0 Å². The van der Waals surface area contributed by atoms with Crippen molar-refractivity contribution in [1.29, 1.82) is 0 Å². The number of rotatable bonds is 12. The Morgan fingerprint density at radius 1 is 1.00 bits per heavy atom. The van der Waals surface area contributed by atoms with Gasteiger partial charge < -0.3 is 25.1 Å². The summed E-state index contributed by atoms with van der Waals surface area (Å²) < 4.78 is 37.6. The number of nitrogens with zero attached hydrogens (tertiary/aromatic N) is 3. The SMILES string of the molecule is COc1cc(NCc2ccc(CN3CCCC3)o2)ccc1Nc1ncc(Cl)c(Nc2ccccc2NS(C)(=O)=O)n1. The van der Waals surface area contributed by atoms with Crippen molar-refractivity contribution in [2.45, 2.75) is 25.9 Å². The molecule has 0 radical (unpaired) electrons. The molecule has 1 saturated heterocycles. The van der Waals surface area contributed by atoms with Gasteiger partial charge in [-0.05, 0) is 62.3 Å². The molecule has 41 heavy (non-hydrogen) atoms. The van der Waals surface area contributed by atoms with Crippen LogP contribution >= 0.6 is 11.6 Å². The highest BCUT2D eigenvalue weighted by Gasteiger charge is 2.15. The Hall–Kier alpha value is -4.00. The van der Waals surface area contributed by atoms with Crippen LogP contribution in [0.25, 0.3) is 0 Å². The van der Waals surface area contributed by atoms with E-state index in [2.05, 4.69) is 35.5 Å². The second kappa shape index (κ2) is 12.7. The molecule has 4 aromatic rings. The van der Waals surface area contributed by atoms with Gasteiger partial charge in [-0.25, -0.2) is 13.4 Å². The van der Waals surface area contributed by atoms with Crippen LogP contribution < -0.4 is 25.4 Å². The fraction of sp³-hybridized carbons (Fsp3) is 0.286. The molecule has 1 aliphatic heterocycles. The van der Waals surface area contributed by atoms with E-state index in [0.717, 1.165) is 43.1 Å². The smallest absolute Gasteiger partial charge is 0.229 e. The lowest BCUT2D eigenvalue weighted by molar-refractivity contribution is 0.293. The van der Waals surface area contributed by atoms with Gasteiger partial charge >= 0.3 is 0 Å². The second-order valence-corrected chi connectivity index (χ2v) is 11.8. The third-order valence-electron chi connectivity index (χ3n) is 6.43. The van der Waals surface area contributed by atoms with Crippen LogP contribution in [-0.4, -0.2) is 49.7 Å². The lowest BCUT2D eigenvalue weighted by Crippen LogP contribution is -2.17. The molecule has 11 nitrogen and oxygen atoms in total. The summed E-state index contributed by atoms with van der Waals surface area (Å²) in [5, 5.41) is 9.88. The van der Waals surface area contributed by atoms with Gasteiger partial charge in [0.1, 0.15) is 22.3 Å². The number of furan rings is 1. The molecular weight excluding hydrogens is 566 g/mol. The van der Waals surface area contributed by atoms with Crippen molar-refractivity contribution in [3.05, 3.63) is 77.3 Å². The van der Waals surface area contributed by atoms with Crippen LogP contribution in [0.5, 0.6) is 5.75 Å². The third-order valence-corrected chi connectivity index (χ3v) is 7.30. The number of para-hydroxylation sites is 2. The summed E-state index contributed by atoms with van der Waals surface area (Å²) >= 11 is 6.35. The maximum absolute atomic E-state index is 11.8. The first-order valence-electron chi connectivity index (χ1n) is 13.1. The van der Waals surface area contributed by atoms with Crippen LogP contribution in [0.1, 0.15) is 24.4 Å². The first-order chi connectivity index (χ1) is 19.8. The predicted octanol–water partition coefficient (Wildman–Crippen LogP) is 5.80. The summed E-state index contributed by atoms with van der Waals surface area (Å²) in [4.78, 5) is 11.2. The van der Waals surface area contributed by atoms with E-state index in [1.54, 1.807) is 31.4 Å². The first-order valence-corrected chi connectivity index (χ1v) is 15.4. The molecule has 1 aliphatic rings. The Morgan fingerprint density at radius 3 is 2.51 bits per heavy atom. The third kappa shape index (κ3) is 7.81. The summed E-state index contributed by atoms with van der Waals surface area (Å²) in [5.41, 5.74) is 2.36. The largest absolute Gasteiger partial charge is 0.494 e. The van der Waals surface area contributed by atoms with Crippen molar-refractivity contribution in [2.24, 2.45) is 0 Å². The molecule has 0 spiro atoms. The second-order valence-electron chi connectivity index (χ2n) is 9.68. The zero-order valence-corrected chi connectivity index (χ0v) is 24.3. The highest BCUT2D eigenvalue weighted by molar-refractivity contribution is 7.92. The number of sulfonamides is 1. The van der Waals surface area contributed by atoms with E-state index in [9.17, 15) is 8.42 Å². The lowest BCUT2D eigenvalue weighted by Gasteiger charge is -2.15. The van der Waals surface area contributed by atoms with Gasteiger partial charge in [-0.15, -0.1) is 0 Å². The molecule has 0 bridgehead atoms. The average Bonchev–Trinajstić information content (AvgIpc) is 3.62. The van der Waals surface area contributed by atoms with Crippen molar-refractivity contribution in [3.8, 4) is 5.75 Å². The molecule has 13 heteroatoms. The quantitative estimate of drug-likeness (QED) is 0.159. The van der Waals surface area contributed by atoms with E-state index < -0.39 is 10.0 Å². The summed E-state index contributed by atoms with van der Waals surface area (Å²) in [6.07, 6.45) is 5.05. The number of aromatic nitrogens is 2. The Bertz CT molecular complexity index is 1610. The van der Waals surface area contributed by atoms with Gasteiger partial charge in [0.25, 0.3) is 0 Å². The molecule has 1 fully saturated rings. The Balaban J connectivity index is 1.25. The van der Waals surface area contributed by atoms with Crippen LogP contribution in [0.3, 0.4) is 0 Å². The van der Waals surface area contributed by atoms with Gasteiger partial charge in [0.15, 0.2) is 5.82 Å². The van der Waals surface area contributed by atoms with Gasteiger partial charge in [-0.1, -0.05) is 23.7 Å². The predicted molar refractivity (Wildman–Crippen MR) is 162 cm³/mol. The number of halogens is 1. The highest BCUT2D eigenvalue weighted by Crippen LogP contribution is 2.33. The highest BCUT2D eigenvalue weighted by atomic mass is 35.5. The molecule has 0 unspecified atom stereocenters. The standard InChI is InChI=1S/C28H32ClN7O4S/c1-39-26-15-19(30-16-20-10-11-21(40-20)18-36-13-5-6-14-36)9-12-25(26)33-28-31-17-22(29)27(34-28)32-23-7-3-4-8-24(23)35-41(2,37)38/h3-4,7-12,15,17,30,35H,5-6,13-14,16,18H2,1-2H3,(H2,31,32,33,34). The van der Waals surface area contributed by atoms with E-state index in [0.29, 0.717) is 35.2 Å². The molecule has 5 rings (SSSR count). The van der Waals surface area contributed by atoms with E-state index in [1.807, 2.05) is 30.3 Å². The summed E-state index contributed by atoms with van der Waals surface area (Å²) in [5.74, 6) is 2.99. The summed E-state index contributed by atoms with van der Waals surface area (Å²) in [7, 11) is -1.89. The molecule has 3 heterocycles. The van der Waals surface area contributed by atoms with E-state index >= 15 is 0 Å². The molecule has 2 aromatic carbocycles. The van der Waals surface area contributed by atoms with Crippen LogP contribution in [0.15, 0.2) is 65.2 Å². The molecule has 0 aliphatic carbocycles. The number of benzene rings is 2. The van der Waals surface area contributed by atoms with Crippen molar-refractivity contribution in [1.82, 2.24) is 14.9 Å². The number of nitrogens with one attached hydrogen (secondary N) is 4. The topological polar surface area (TPSA) is 134 Å². The van der Waals surface area contributed by atoms with Gasteiger partial charge in [0.05, 0.1) is 49.7 Å². The van der Waals surface area contributed by atoms with E-state index in [4.69, 9.17) is 20.8 Å². The van der Waals surface area contributed by atoms with Crippen LogP contribution in [0.2, 0.25) is 5.02 Å². The van der Waals surface area contributed by atoms with Crippen molar-refractivity contribution in [3.63, 3.8) is 0 Å². The Labute approximate surface area is 244 Å². The molecular formula is C28H32ClN7O4S. The number of hydrogen-bond acceptors (Lipinski definition) is 10. The minimum Gasteiger partial charge on any atom is -0.494 e. The fourth-order valence-electron chi connectivity index (χ4n) is 4.50. The van der Waals surface area contributed by atoms with Gasteiger partial charge in [0, 0.05) is 11.8 Å². The normalized spacial score (nSPS) is 13.6. The number of likely N-dealkylation sites (tertiary alicyclic amines) is 1. The van der Waals surface area contributed by atoms with Crippen LogP contribution in [-0.2, 0) is 23.1 Å². The molecule has 0 amide bonds. The van der Waals surface area contributed by atoms with E-state index in [1.165, 1.54) is 19.0 Å². The lowest BCUT2D eigenvalue weighted by atomic mass is 10.2. The minimum atomic E-state index is -3.48. The molecule has 2 aromatic heterocycles. The number of ether oxygens (including phenoxy) is 1. The molecule has 0 saturated carbocycles. The van der Waals surface area contributed by atoms with E-state index in [-0.39, 0.29) is 11.0 Å². The molecule has 0 atom stereocenters. The fourth-order valence-corrected chi connectivity index (χ4v) is 5.22. The minimum absolute atomic E-state index is 0.262. The monoisotopic (exact) mass is 597 g/mol. The van der Waals surface area contributed by atoms with Crippen LogP contribution in [0, 0.1) is 0 Å². The molecule has 216 valence electrons. The Morgan fingerprint density at radius 2 is 1.76 bits per heavy atom. The zero-order chi connectivity index (χ0) is 28.8. The van der Waals surface area contributed by atoms with Gasteiger partial charge in [-0.2, -0.15) is 4.98 Å². The van der Waals surface area contributed by atoms with Crippen molar-refractivity contribution < 1.29 is 17.6 Å². The first kappa shape index (κ1) is 28.5. The van der Waals surface area contributed by atoms with Crippen molar-refractivity contribution in [2.75, 3.05) is 47.1 Å². The average molecular weight is 598 g/mol. The van der Waals surface area contributed by atoms with Gasteiger partial charge in [-0.3, -0.25) is 9.62 Å².